The zero-order valence-corrected chi connectivity index (χ0v) is 18.2. The van der Waals surface area contributed by atoms with E-state index >= 15 is 0 Å². The number of amides is 1. The van der Waals surface area contributed by atoms with Gasteiger partial charge in [0.2, 0.25) is 15.9 Å². The van der Waals surface area contributed by atoms with Gasteiger partial charge in [-0.25, -0.2) is 8.42 Å². The van der Waals surface area contributed by atoms with Crippen LogP contribution in [0.2, 0.25) is 0 Å². The van der Waals surface area contributed by atoms with E-state index in [9.17, 15) is 13.2 Å². The van der Waals surface area contributed by atoms with Crippen molar-refractivity contribution in [2.45, 2.75) is 25.3 Å². The minimum atomic E-state index is -3.51. The number of piperazine rings is 1. The Hall–Kier alpha value is -2.22. The lowest BCUT2D eigenvalue weighted by atomic mass is 10.1. The van der Waals surface area contributed by atoms with Crippen molar-refractivity contribution in [3.05, 3.63) is 65.2 Å². The highest BCUT2D eigenvalue weighted by molar-refractivity contribution is 7.89. The lowest BCUT2D eigenvalue weighted by molar-refractivity contribution is -0.133. The van der Waals surface area contributed by atoms with Gasteiger partial charge >= 0.3 is 0 Å². The molecule has 1 aliphatic heterocycles. The third kappa shape index (κ3) is 5.23. The maximum atomic E-state index is 12.8. The Balaban J connectivity index is 1.54. The van der Waals surface area contributed by atoms with Crippen molar-refractivity contribution in [2.75, 3.05) is 39.8 Å². The second kappa shape index (κ2) is 9.07. The number of hydrogen-bond acceptors (Lipinski definition) is 4. The Morgan fingerprint density at radius 3 is 2.21 bits per heavy atom. The van der Waals surface area contributed by atoms with E-state index in [2.05, 4.69) is 19.1 Å². The van der Waals surface area contributed by atoms with Gasteiger partial charge in [-0.3, -0.25) is 9.69 Å². The molecule has 2 aromatic rings. The molecule has 1 fully saturated rings. The van der Waals surface area contributed by atoms with Crippen molar-refractivity contribution in [1.82, 2.24) is 14.1 Å². The molecule has 0 atom stereocenters. The standard InChI is InChI=1S/C22H29N3O3S/c1-18-8-10-21(11-9-18)29(27,28)25-14-12-24(13-15-25)22(26)17-23(3)16-20-7-5-4-6-19(20)2/h4-11H,12-17H2,1-3H3. The smallest absolute Gasteiger partial charge is 0.243 e. The van der Waals surface area contributed by atoms with Crippen LogP contribution in [-0.4, -0.2) is 68.2 Å². The summed E-state index contributed by atoms with van der Waals surface area (Å²) in [4.78, 5) is 16.7. The van der Waals surface area contributed by atoms with Crippen molar-refractivity contribution in [3.8, 4) is 0 Å². The van der Waals surface area contributed by atoms with Gasteiger partial charge in [0.15, 0.2) is 0 Å². The quantitative estimate of drug-likeness (QED) is 0.726. The molecule has 7 heteroatoms. The SMILES string of the molecule is Cc1ccc(S(=O)(=O)N2CCN(C(=O)CN(C)Cc3ccccc3C)CC2)cc1. The number of carbonyl (C=O) groups is 1. The zero-order valence-electron chi connectivity index (χ0n) is 17.3. The van der Waals surface area contributed by atoms with Crippen molar-refractivity contribution < 1.29 is 13.2 Å². The molecule has 1 aliphatic rings. The average molecular weight is 416 g/mol. The molecule has 0 spiro atoms. The van der Waals surface area contributed by atoms with Crippen LogP contribution in [0, 0.1) is 13.8 Å². The van der Waals surface area contributed by atoms with E-state index < -0.39 is 10.0 Å². The van der Waals surface area contributed by atoms with Gasteiger partial charge in [0, 0.05) is 32.7 Å². The molecule has 1 heterocycles. The molecule has 29 heavy (non-hydrogen) atoms. The Kier molecular flexibility index (Phi) is 6.72. The maximum absolute atomic E-state index is 12.8. The minimum absolute atomic E-state index is 0.0356. The van der Waals surface area contributed by atoms with Crippen LogP contribution in [-0.2, 0) is 21.4 Å². The predicted octanol–water partition coefficient (Wildman–Crippen LogP) is 2.27. The molecule has 2 aromatic carbocycles. The zero-order chi connectivity index (χ0) is 21.0. The van der Waals surface area contributed by atoms with E-state index in [1.807, 2.05) is 31.0 Å². The van der Waals surface area contributed by atoms with Crippen LogP contribution in [0.15, 0.2) is 53.4 Å². The van der Waals surface area contributed by atoms with Gasteiger partial charge in [-0.15, -0.1) is 0 Å². The molecule has 0 N–H and O–H groups in total. The molecule has 1 saturated heterocycles. The van der Waals surface area contributed by atoms with Gasteiger partial charge in [-0.1, -0.05) is 42.0 Å². The molecule has 0 radical (unpaired) electrons. The average Bonchev–Trinajstić information content (AvgIpc) is 2.70. The summed E-state index contributed by atoms with van der Waals surface area (Å²) in [6.45, 7) is 6.51. The monoisotopic (exact) mass is 415 g/mol. The summed E-state index contributed by atoms with van der Waals surface area (Å²) < 4.78 is 27.1. The normalized spacial score (nSPS) is 15.7. The van der Waals surface area contributed by atoms with Gasteiger partial charge in [-0.2, -0.15) is 4.31 Å². The minimum Gasteiger partial charge on any atom is -0.339 e. The van der Waals surface area contributed by atoms with Gasteiger partial charge in [0.1, 0.15) is 0 Å². The Morgan fingerprint density at radius 2 is 1.59 bits per heavy atom. The summed E-state index contributed by atoms with van der Waals surface area (Å²) in [6.07, 6.45) is 0. The lowest BCUT2D eigenvalue weighted by Gasteiger charge is -2.34. The molecule has 6 nitrogen and oxygen atoms in total. The molecular formula is C22H29N3O3S. The summed E-state index contributed by atoms with van der Waals surface area (Å²) in [5, 5.41) is 0. The molecule has 1 amide bonds. The third-order valence-electron chi connectivity index (χ3n) is 5.36. The van der Waals surface area contributed by atoms with Crippen LogP contribution in [0.4, 0.5) is 0 Å². The molecule has 3 rings (SSSR count). The summed E-state index contributed by atoms with van der Waals surface area (Å²) in [5.74, 6) is 0.0356. The second-order valence-corrected chi connectivity index (χ2v) is 9.63. The van der Waals surface area contributed by atoms with Crippen LogP contribution in [0.3, 0.4) is 0 Å². The number of carbonyl (C=O) groups excluding carboxylic acids is 1. The second-order valence-electron chi connectivity index (χ2n) is 7.70. The number of rotatable bonds is 6. The van der Waals surface area contributed by atoms with Crippen molar-refractivity contribution >= 4 is 15.9 Å². The first-order valence-electron chi connectivity index (χ1n) is 9.85. The molecule has 0 aromatic heterocycles. The molecule has 156 valence electrons. The first kappa shape index (κ1) is 21.5. The Labute approximate surface area is 173 Å². The van der Waals surface area contributed by atoms with E-state index in [-0.39, 0.29) is 5.91 Å². The van der Waals surface area contributed by atoms with Crippen LogP contribution in [0.1, 0.15) is 16.7 Å². The van der Waals surface area contributed by atoms with Crippen molar-refractivity contribution in [2.24, 2.45) is 0 Å². The Bertz CT molecular complexity index is 950. The molecule has 0 aliphatic carbocycles. The van der Waals surface area contributed by atoms with Crippen LogP contribution >= 0.6 is 0 Å². The molecule has 0 unspecified atom stereocenters. The van der Waals surface area contributed by atoms with E-state index in [0.29, 0.717) is 44.2 Å². The first-order chi connectivity index (χ1) is 13.8. The van der Waals surface area contributed by atoms with E-state index in [1.54, 1.807) is 29.2 Å². The van der Waals surface area contributed by atoms with Crippen LogP contribution in [0.25, 0.3) is 0 Å². The summed E-state index contributed by atoms with van der Waals surface area (Å²) in [6, 6.07) is 15.0. The maximum Gasteiger partial charge on any atom is 0.243 e. The number of aryl methyl sites for hydroxylation is 2. The largest absolute Gasteiger partial charge is 0.339 e. The first-order valence-corrected chi connectivity index (χ1v) is 11.3. The van der Waals surface area contributed by atoms with E-state index in [4.69, 9.17) is 0 Å². The van der Waals surface area contributed by atoms with Gasteiger partial charge in [-0.05, 0) is 44.2 Å². The molecule has 0 bridgehead atoms. The summed E-state index contributed by atoms with van der Waals surface area (Å²) >= 11 is 0. The van der Waals surface area contributed by atoms with E-state index in [0.717, 1.165) is 5.56 Å². The van der Waals surface area contributed by atoms with Crippen molar-refractivity contribution in [3.63, 3.8) is 0 Å². The van der Waals surface area contributed by atoms with Crippen LogP contribution in [0.5, 0.6) is 0 Å². The topological polar surface area (TPSA) is 60.9 Å². The van der Waals surface area contributed by atoms with Gasteiger partial charge in [0.05, 0.1) is 11.4 Å². The highest BCUT2D eigenvalue weighted by Gasteiger charge is 2.30. The van der Waals surface area contributed by atoms with Gasteiger partial charge < -0.3 is 4.90 Å². The van der Waals surface area contributed by atoms with Crippen LogP contribution < -0.4 is 0 Å². The summed E-state index contributed by atoms with van der Waals surface area (Å²) in [7, 11) is -1.58. The number of nitrogens with zero attached hydrogens (tertiary/aromatic N) is 3. The fourth-order valence-corrected chi connectivity index (χ4v) is 4.92. The predicted molar refractivity (Wildman–Crippen MR) is 114 cm³/mol. The fraction of sp³-hybridized carbons (Fsp3) is 0.409. The highest BCUT2D eigenvalue weighted by atomic mass is 32.2. The van der Waals surface area contributed by atoms with Gasteiger partial charge in [0.25, 0.3) is 0 Å². The Morgan fingerprint density at radius 1 is 0.966 bits per heavy atom. The van der Waals surface area contributed by atoms with Crippen molar-refractivity contribution in [1.29, 1.82) is 0 Å². The fourth-order valence-electron chi connectivity index (χ4n) is 3.50. The molecule has 0 saturated carbocycles. The molecular weight excluding hydrogens is 386 g/mol. The lowest BCUT2D eigenvalue weighted by Crippen LogP contribution is -2.52. The summed E-state index contributed by atoms with van der Waals surface area (Å²) in [5.41, 5.74) is 3.44. The number of likely N-dealkylation sites (N-methyl/N-ethyl adjacent to an activating group) is 1. The highest BCUT2D eigenvalue weighted by Crippen LogP contribution is 2.18. The third-order valence-corrected chi connectivity index (χ3v) is 7.27. The number of benzene rings is 2. The number of sulfonamides is 1. The van der Waals surface area contributed by atoms with E-state index in [1.165, 1.54) is 15.4 Å². The number of hydrogen-bond donors (Lipinski definition) is 0.